The van der Waals surface area contributed by atoms with Crippen molar-refractivity contribution >= 4 is 21.6 Å². The number of carbonyl (C=O) groups is 1. The van der Waals surface area contributed by atoms with E-state index in [1.807, 2.05) is 9.80 Å². The molecule has 1 aromatic rings. The summed E-state index contributed by atoms with van der Waals surface area (Å²) < 4.78 is 24.0. The molecule has 0 spiro atoms. The number of rotatable bonds is 4. The first-order valence-electron chi connectivity index (χ1n) is 9.28. The van der Waals surface area contributed by atoms with Crippen molar-refractivity contribution in [1.82, 2.24) is 14.8 Å². The second-order valence-electron chi connectivity index (χ2n) is 7.29. The highest BCUT2D eigenvalue weighted by Crippen LogP contribution is 2.23. The van der Waals surface area contributed by atoms with Crippen LogP contribution in [0.3, 0.4) is 0 Å². The van der Waals surface area contributed by atoms with E-state index < -0.39 is 9.84 Å². The van der Waals surface area contributed by atoms with E-state index in [1.165, 1.54) is 12.7 Å². The Bertz CT molecular complexity index is 745. The third-order valence-electron chi connectivity index (χ3n) is 5.30. The van der Waals surface area contributed by atoms with Crippen molar-refractivity contribution in [2.45, 2.75) is 37.1 Å². The third kappa shape index (κ3) is 4.35. The normalized spacial score (nSPS) is 22.5. The lowest BCUT2D eigenvalue weighted by atomic mass is 10.0. The van der Waals surface area contributed by atoms with Crippen LogP contribution in [0.15, 0.2) is 23.2 Å². The largest absolute Gasteiger partial charge is 0.353 e. The van der Waals surface area contributed by atoms with Crippen molar-refractivity contribution in [1.29, 1.82) is 0 Å². The SMILES string of the molecule is CC1CCCCN1C(=O)CN1CCN(c2ncccc2S(C)(=O)=O)CC1. The Morgan fingerprint density at radius 3 is 2.58 bits per heavy atom. The zero-order valence-corrected chi connectivity index (χ0v) is 16.4. The van der Waals surface area contributed by atoms with E-state index in [9.17, 15) is 13.2 Å². The maximum Gasteiger partial charge on any atom is 0.236 e. The summed E-state index contributed by atoms with van der Waals surface area (Å²) in [6, 6.07) is 3.59. The fourth-order valence-electron chi connectivity index (χ4n) is 3.78. The first-order valence-corrected chi connectivity index (χ1v) is 11.2. The Labute approximate surface area is 155 Å². The molecule has 8 heteroatoms. The van der Waals surface area contributed by atoms with Gasteiger partial charge in [0.25, 0.3) is 0 Å². The van der Waals surface area contributed by atoms with Crippen molar-refractivity contribution in [3.63, 3.8) is 0 Å². The number of hydrogen-bond acceptors (Lipinski definition) is 6. The molecule has 1 amide bonds. The number of aromatic nitrogens is 1. The predicted octanol–water partition coefficient (Wildman–Crippen LogP) is 1.01. The van der Waals surface area contributed by atoms with Gasteiger partial charge in [0.05, 0.1) is 6.54 Å². The van der Waals surface area contributed by atoms with Crippen molar-refractivity contribution in [3.05, 3.63) is 18.3 Å². The second kappa shape index (κ2) is 7.92. The molecule has 7 nitrogen and oxygen atoms in total. The molecule has 0 bridgehead atoms. The molecule has 0 saturated carbocycles. The van der Waals surface area contributed by atoms with Gasteiger partial charge in [-0.3, -0.25) is 9.69 Å². The van der Waals surface area contributed by atoms with Gasteiger partial charge in [-0.15, -0.1) is 0 Å². The van der Waals surface area contributed by atoms with Crippen LogP contribution in [-0.4, -0.2) is 80.7 Å². The van der Waals surface area contributed by atoms with Gasteiger partial charge in [0.15, 0.2) is 9.84 Å². The molecule has 3 heterocycles. The smallest absolute Gasteiger partial charge is 0.236 e. The predicted molar refractivity (Wildman–Crippen MR) is 101 cm³/mol. The van der Waals surface area contributed by atoms with E-state index >= 15 is 0 Å². The molecular formula is C18H28N4O3S. The molecule has 1 aromatic heterocycles. The van der Waals surface area contributed by atoms with Crippen LogP contribution in [0.5, 0.6) is 0 Å². The summed E-state index contributed by atoms with van der Waals surface area (Å²) in [4.78, 5) is 23.3. The van der Waals surface area contributed by atoms with E-state index in [-0.39, 0.29) is 10.8 Å². The summed E-state index contributed by atoms with van der Waals surface area (Å²) in [7, 11) is -3.31. The van der Waals surface area contributed by atoms with Gasteiger partial charge in [-0.05, 0) is 38.3 Å². The lowest BCUT2D eigenvalue weighted by Crippen LogP contribution is -2.52. The summed E-state index contributed by atoms with van der Waals surface area (Å²) in [5, 5.41) is 0. The lowest BCUT2D eigenvalue weighted by molar-refractivity contribution is -0.135. The number of anilines is 1. The Kier molecular flexibility index (Phi) is 5.82. The van der Waals surface area contributed by atoms with Crippen molar-refractivity contribution in [2.75, 3.05) is 50.4 Å². The number of hydrogen-bond donors (Lipinski definition) is 0. The monoisotopic (exact) mass is 380 g/mol. The van der Waals surface area contributed by atoms with E-state index in [2.05, 4.69) is 16.8 Å². The van der Waals surface area contributed by atoms with Gasteiger partial charge in [-0.25, -0.2) is 13.4 Å². The van der Waals surface area contributed by atoms with Gasteiger partial charge < -0.3 is 9.80 Å². The molecule has 0 aromatic carbocycles. The fourth-order valence-corrected chi connectivity index (χ4v) is 4.62. The number of likely N-dealkylation sites (tertiary alicyclic amines) is 1. The molecule has 0 aliphatic carbocycles. The Morgan fingerprint density at radius 1 is 1.19 bits per heavy atom. The number of sulfone groups is 1. The molecule has 2 saturated heterocycles. The Balaban J connectivity index is 1.59. The maximum atomic E-state index is 12.6. The molecule has 1 unspecified atom stereocenters. The van der Waals surface area contributed by atoms with Crippen LogP contribution in [0, 0.1) is 0 Å². The van der Waals surface area contributed by atoms with Crippen LogP contribution in [0.25, 0.3) is 0 Å². The molecule has 26 heavy (non-hydrogen) atoms. The van der Waals surface area contributed by atoms with Crippen molar-refractivity contribution in [2.24, 2.45) is 0 Å². The van der Waals surface area contributed by atoms with Crippen LogP contribution in [-0.2, 0) is 14.6 Å². The van der Waals surface area contributed by atoms with Gasteiger partial charge in [-0.2, -0.15) is 0 Å². The number of nitrogens with zero attached hydrogens (tertiary/aromatic N) is 4. The van der Waals surface area contributed by atoms with Gasteiger partial charge in [0.2, 0.25) is 5.91 Å². The molecule has 0 radical (unpaired) electrons. The van der Waals surface area contributed by atoms with Crippen molar-refractivity contribution in [3.8, 4) is 0 Å². The van der Waals surface area contributed by atoms with E-state index in [0.717, 1.165) is 32.5 Å². The van der Waals surface area contributed by atoms with Crippen molar-refractivity contribution < 1.29 is 13.2 Å². The van der Waals surface area contributed by atoms with Crippen LogP contribution in [0.1, 0.15) is 26.2 Å². The minimum Gasteiger partial charge on any atom is -0.353 e. The summed E-state index contributed by atoms with van der Waals surface area (Å²) in [5.41, 5.74) is 0. The molecule has 2 aliphatic rings. The van der Waals surface area contributed by atoms with Gasteiger partial charge in [0, 0.05) is 51.2 Å². The second-order valence-corrected chi connectivity index (χ2v) is 9.28. The minimum absolute atomic E-state index is 0.209. The third-order valence-corrected chi connectivity index (χ3v) is 6.42. The highest BCUT2D eigenvalue weighted by Gasteiger charge is 2.27. The molecule has 1 atom stereocenters. The van der Waals surface area contributed by atoms with Crippen LogP contribution in [0.4, 0.5) is 5.82 Å². The molecule has 0 N–H and O–H groups in total. The van der Waals surface area contributed by atoms with E-state index in [0.29, 0.717) is 31.5 Å². The van der Waals surface area contributed by atoms with Gasteiger partial charge in [0.1, 0.15) is 10.7 Å². The van der Waals surface area contributed by atoms with Gasteiger partial charge >= 0.3 is 0 Å². The average Bonchev–Trinajstić information content (AvgIpc) is 2.62. The van der Waals surface area contributed by atoms with Crippen LogP contribution in [0.2, 0.25) is 0 Å². The maximum absolute atomic E-state index is 12.6. The number of piperazine rings is 1. The molecule has 144 valence electrons. The zero-order chi connectivity index (χ0) is 18.7. The first kappa shape index (κ1) is 19.1. The highest BCUT2D eigenvalue weighted by molar-refractivity contribution is 7.90. The standard InChI is InChI=1S/C18H28N4O3S/c1-15-6-3-4-9-22(15)17(23)14-20-10-12-21(13-11-20)18-16(26(2,24)25)7-5-8-19-18/h5,7-8,15H,3-4,6,9-14H2,1-2H3. The molecular weight excluding hydrogens is 352 g/mol. The summed E-state index contributed by atoms with van der Waals surface area (Å²) in [6.07, 6.45) is 6.22. The fraction of sp³-hybridized carbons (Fsp3) is 0.667. The quantitative estimate of drug-likeness (QED) is 0.776. The summed E-state index contributed by atoms with van der Waals surface area (Å²) >= 11 is 0. The number of amides is 1. The average molecular weight is 381 g/mol. The number of piperidine rings is 1. The number of carbonyl (C=O) groups excluding carboxylic acids is 1. The molecule has 2 aliphatic heterocycles. The van der Waals surface area contributed by atoms with Crippen LogP contribution < -0.4 is 4.90 Å². The Hall–Kier alpha value is -1.67. The summed E-state index contributed by atoms with van der Waals surface area (Å²) in [5.74, 6) is 0.728. The first-order chi connectivity index (χ1) is 12.4. The molecule has 2 fully saturated rings. The molecule has 3 rings (SSSR count). The van der Waals surface area contributed by atoms with Crippen LogP contribution >= 0.6 is 0 Å². The van der Waals surface area contributed by atoms with E-state index in [1.54, 1.807) is 18.3 Å². The number of pyridine rings is 1. The minimum atomic E-state index is -3.31. The summed E-state index contributed by atoms with van der Waals surface area (Å²) in [6.45, 7) is 6.24. The lowest BCUT2D eigenvalue weighted by Gasteiger charge is -2.38. The highest BCUT2D eigenvalue weighted by atomic mass is 32.2. The topological polar surface area (TPSA) is 73.8 Å². The van der Waals surface area contributed by atoms with E-state index in [4.69, 9.17) is 0 Å². The zero-order valence-electron chi connectivity index (χ0n) is 15.6. The Morgan fingerprint density at radius 2 is 1.92 bits per heavy atom. The van der Waals surface area contributed by atoms with Gasteiger partial charge in [-0.1, -0.05) is 0 Å².